The van der Waals surface area contributed by atoms with Gasteiger partial charge in [0.2, 0.25) is 0 Å². The van der Waals surface area contributed by atoms with Gasteiger partial charge in [0.1, 0.15) is 0 Å². The molecule has 0 bridgehead atoms. The van der Waals surface area contributed by atoms with Gasteiger partial charge in [0.25, 0.3) is 0 Å². The van der Waals surface area contributed by atoms with Crippen LogP contribution in [0.4, 0.5) is 0 Å². The monoisotopic (exact) mass is 896 g/mol. The molecule has 0 unspecified atom stereocenters. The largest absolute Gasteiger partial charge is 0.154 e. The summed E-state index contributed by atoms with van der Waals surface area (Å²) in [5, 5.41) is 1.04. The molecule has 0 saturated carbocycles. The molecule has 4 heterocycles. The van der Waals surface area contributed by atoms with Gasteiger partial charge in [0, 0.05) is 24.4 Å². The molecule has 4 aliphatic heterocycles. The molecule has 45 heavy (non-hydrogen) atoms. The first kappa shape index (κ1) is 41.3. The van der Waals surface area contributed by atoms with Crippen LogP contribution in [0.1, 0.15) is 27.7 Å². The van der Waals surface area contributed by atoms with E-state index >= 15 is 0 Å². The van der Waals surface area contributed by atoms with Crippen LogP contribution in [0.25, 0.3) is 0 Å². The summed E-state index contributed by atoms with van der Waals surface area (Å²) in [6, 6.07) is 0. The van der Waals surface area contributed by atoms with Crippen LogP contribution in [0, 0.1) is 0 Å². The highest BCUT2D eigenvalue weighted by molar-refractivity contribution is 8.42. The van der Waals surface area contributed by atoms with Crippen molar-refractivity contribution in [3.63, 3.8) is 0 Å². The molecule has 248 valence electrons. The maximum absolute atomic E-state index is 2.40. The zero-order valence-corrected chi connectivity index (χ0v) is 39.6. The van der Waals surface area contributed by atoms with Gasteiger partial charge in [-0.05, 0) is 89.5 Å². The van der Waals surface area contributed by atoms with Gasteiger partial charge in [-0.1, -0.05) is 94.1 Å². The first-order valence-corrected chi connectivity index (χ1v) is 29.1. The highest BCUT2D eigenvalue weighted by Gasteiger charge is 2.35. The lowest BCUT2D eigenvalue weighted by atomic mass is 10.2. The standard InChI is InChI=1S/C29H36S16/c1-28(2,35-10)20-22(30-5)40-16(38-20)12-14-19-44-26(34-9)27(45-19)36-15-37-29(3,4)21-23(31-6)41-17(39-21)11-13-18-42-24(32-7)25(33-8)43-18/h11-14H,15H2,1-10H3/b16-12+,17-11-,19-14-. The van der Waals surface area contributed by atoms with Gasteiger partial charge >= 0.3 is 0 Å². The summed E-state index contributed by atoms with van der Waals surface area (Å²) >= 11 is 30.9. The summed E-state index contributed by atoms with van der Waals surface area (Å²) in [6.07, 6.45) is 22.5. The Hall–Kier alpha value is 3.52. The summed E-state index contributed by atoms with van der Waals surface area (Å²) in [4.78, 5) is 3.00. The molecule has 0 nitrogen and oxygen atoms in total. The second-order valence-corrected chi connectivity index (χ2v) is 29.3. The fraction of sp³-hybridized carbons (Fsp3) is 0.448. The minimum atomic E-state index is 0.0585. The average molecular weight is 898 g/mol. The van der Waals surface area contributed by atoms with Crippen molar-refractivity contribution in [2.75, 3.05) is 42.6 Å². The van der Waals surface area contributed by atoms with E-state index in [0.29, 0.717) is 0 Å². The van der Waals surface area contributed by atoms with Crippen LogP contribution >= 0.6 is 188 Å². The second kappa shape index (κ2) is 19.6. The van der Waals surface area contributed by atoms with Crippen LogP contribution in [-0.4, -0.2) is 52.1 Å². The molecule has 4 rings (SSSR count). The van der Waals surface area contributed by atoms with Crippen molar-refractivity contribution < 1.29 is 0 Å². The Morgan fingerprint density at radius 2 is 0.778 bits per heavy atom. The zero-order chi connectivity index (χ0) is 32.8. The van der Waals surface area contributed by atoms with E-state index in [0.717, 1.165) is 5.08 Å². The normalized spacial score (nSPS) is 22.7. The average Bonchev–Trinajstić information content (AvgIpc) is 3.82. The number of thioether (sulfide) groups is 16. The van der Waals surface area contributed by atoms with Crippen LogP contribution < -0.4 is 0 Å². The minimum Gasteiger partial charge on any atom is -0.154 e. The van der Waals surface area contributed by atoms with E-state index < -0.39 is 0 Å². The third-order valence-corrected chi connectivity index (χ3v) is 27.6. The van der Waals surface area contributed by atoms with E-state index in [2.05, 4.69) is 101 Å². The maximum Gasteiger partial charge on any atom is 0.0667 e. The van der Waals surface area contributed by atoms with Crippen molar-refractivity contribution in [1.29, 1.82) is 0 Å². The summed E-state index contributed by atoms with van der Waals surface area (Å²) < 4.78 is 14.4. The Kier molecular flexibility index (Phi) is 17.9. The smallest absolute Gasteiger partial charge is 0.0667 e. The Morgan fingerprint density at radius 3 is 1.18 bits per heavy atom. The van der Waals surface area contributed by atoms with Crippen molar-refractivity contribution in [2.45, 2.75) is 37.2 Å². The minimum absolute atomic E-state index is 0.0585. The number of allylic oxidation sites excluding steroid dienone is 4. The summed E-state index contributed by atoms with van der Waals surface area (Å²) in [5.74, 6) is 0. The van der Waals surface area contributed by atoms with Crippen LogP contribution in [0.5, 0.6) is 0 Å². The zero-order valence-electron chi connectivity index (χ0n) is 26.5. The van der Waals surface area contributed by atoms with E-state index in [1.165, 1.54) is 52.2 Å². The summed E-state index contributed by atoms with van der Waals surface area (Å²) in [7, 11) is 0. The summed E-state index contributed by atoms with van der Waals surface area (Å²) in [6.45, 7) is 9.48. The molecule has 0 aromatic carbocycles. The van der Waals surface area contributed by atoms with Crippen molar-refractivity contribution in [3.8, 4) is 0 Å². The topological polar surface area (TPSA) is 0 Å². The molecule has 0 amide bonds. The Labute approximate surface area is 339 Å². The highest BCUT2D eigenvalue weighted by atomic mass is 32.3. The first-order valence-electron chi connectivity index (χ1n) is 13.2. The number of rotatable bonds is 14. The first-order chi connectivity index (χ1) is 21.5. The van der Waals surface area contributed by atoms with E-state index in [9.17, 15) is 0 Å². The van der Waals surface area contributed by atoms with Gasteiger partial charge < -0.3 is 0 Å². The molecule has 0 saturated heterocycles. The van der Waals surface area contributed by atoms with Crippen LogP contribution in [-0.2, 0) is 0 Å². The van der Waals surface area contributed by atoms with E-state index in [1.807, 2.05) is 176 Å². The lowest BCUT2D eigenvalue weighted by Crippen LogP contribution is -2.16. The maximum atomic E-state index is 2.40. The molecule has 0 atom stereocenters. The van der Waals surface area contributed by atoms with Crippen molar-refractivity contribution >= 4 is 188 Å². The van der Waals surface area contributed by atoms with Gasteiger partial charge in [-0.2, -0.15) is 11.8 Å². The van der Waals surface area contributed by atoms with Gasteiger partial charge in [0.05, 0.1) is 42.4 Å². The molecule has 16 heteroatoms. The molecular formula is C29H36S16. The molecule has 0 aromatic heterocycles. The third-order valence-electron chi connectivity index (χ3n) is 6.12. The van der Waals surface area contributed by atoms with E-state index in [4.69, 9.17) is 0 Å². The lowest BCUT2D eigenvalue weighted by molar-refractivity contribution is 0.888. The van der Waals surface area contributed by atoms with Crippen LogP contribution in [0.3, 0.4) is 0 Å². The summed E-state index contributed by atoms with van der Waals surface area (Å²) in [5.41, 5.74) is 0. The van der Waals surface area contributed by atoms with Gasteiger partial charge in [-0.25, -0.2) is 0 Å². The van der Waals surface area contributed by atoms with Crippen molar-refractivity contribution in [1.82, 2.24) is 0 Å². The third kappa shape index (κ3) is 11.3. The fourth-order valence-corrected chi connectivity index (χ4v) is 24.3. The molecule has 0 spiro atoms. The highest BCUT2D eigenvalue weighted by Crippen LogP contribution is 2.62. The Balaban J connectivity index is 1.33. The molecule has 0 aliphatic carbocycles. The van der Waals surface area contributed by atoms with E-state index in [-0.39, 0.29) is 9.49 Å². The predicted octanol–water partition coefficient (Wildman–Crippen LogP) is 16.0. The van der Waals surface area contributed by atoms with Crippen molar-refractivity contribution in [3.05, 3.63) is 76.5 Å². The lowest BCUT2D eigenvalue weighted by Gasteiger charge is -2.25. The number of hydrogen-bond donors (Lipinski definition) is 0. The molecule has 4 aliphatic rings. The quantitative estimate of drug-likeness (QED) is 0.152. The van der Waals surface area contributed by atoms with Gasteiger partial charge in [-0.15, -0.1) is 82.3 Å². The Morgan fingerprint density at radius 1 is 0.444 bits per heavy atom. The predicted molar refractivity (Wildman–Crippen MR) is 250 cm³/mol. The molecule has 0 radical (unpaired) electrons. The SMILES string of the molecule is CSC1=C(SC)SC(=C/C=C2\SC(SC)=C(C(C)(C)SCSC3=C(SC)S/C(=C/C=C4/SC(SC)=C(C(C)(C)SC)S4)S3)S2)S1. The van der Waals surface area contributed by atoms with Crippen LogP contribution in [0.15, 0.2) is 76.5 Å². The van der Waals surface area contributed by atoms with Crippen molar-refractivity contribution in [2.24, 2.45) is 0 Å². The molecule has 0 N–H and O–H groups in total. The number of hydrogen-bond acceptors (Lipinski definition) is 16. The van der Waals surface area contributed by atoms with Gasteiger partial charge in [-0.3, -0.25) is 0 Å². The van der Waals surface area contributed by atoms with Gasteiger partial charge in [0.15, 0.2) is 0 Å². The molecule has 0 aromatic rings. The van der Waals surface area contributed by atoms with Crippen LogP contribution in [0.2, 0.25) is 0 Å². The Bertz CT molecular complexity index is 1370. The second-order valence-electron chi connectivity index (χ2n) is 9.79. The molecule has 0 fully saturated rings. The fourth-order valence-electron chi connectivity index (χ4n) is 3.58. The van der Waals surface area contributed by atoms with E-state index in [1.54, 1.807) is 0 Å². The molecular weight excluding hydrogens is 861 g/mol.